The van der Waals surface area contributed by atoms with Gasteiger partial charge in [-0.15, -0.1) is 0 Å². The molecule has 0 aliphatic carbocycles. The first-order valence-electron chi connectivity index (χ1n) is 9.86. The summed E-state index contributed by atoms with van der Waals surface area (Å²) < 4.78 is 11.0. The van der Waals surface area contributed by atoms with Gasteiger partial charge in [0.2, 0.25) is 0 Å². The number of likely N-dealkylation sites (tertiary alicyclic amines) is 2. The molecule has 28 heavy (non-hydrogen) atoms. The summed E-state index contributed by atoms with van der Waals surface area (Å²) in [5.74, 6) is 0.114. The second-order valence-electron chi connectivity index (χ2n) is 8.56. The van der Waals surface area contributed by atoms with Crippen LogP contribution in [0.25, 0.3) is 0 Å². The number of aliphatic hydroxyl groups excluding tert-OH is 1. The van der Waals surface area contributed by atoms with Crippen LogP contribution in [0, 0.1) is 5.92 Å². The van der Waals surface area contributed by atoms with Crippen LogP contribution in [0.5, 0.6) is 0 Å². The smallest absolute Gasteiger partial charge is 0.410 e. The Balaban J connectivity index is 1.61. The fourth-order valence-corrected chi connectivity index (χ4v) is 4.08. The number of aliphatic hydroxyl groups is 1. The molecule has 2 fully saturated rings. The van der Waals surface area contributed by atoms with Gasteiger partial charge in [-0.2, -0.15) is 0 Å². The zero-order valence-corrected chi connectivity index (χ0v) is 16.8. The second-order valence-corrected chi connectivity index (χ2v) is 8.56. The van der Waals surface area contributed by atoms with Crippen LogP contribution in [0.4, 0.5) is 9.59 Å². The molecule has 0 spiro atoms. The molecule has 0 aromatic heterocycles. The van der Waals surface area contributed by atoms with Crippen molar-refractivity contribution in [1.29, 1.82) is 0 Å². The third kappa shape index (κ3) is 4.76. The average molecular weight is 390 g/mol. The molecule has 0 saturated carbocycles. The summed E-state index contributed by atoms with van der Waals surface area (Å²) in [6, 6.07) is 9.22. The van der Waals surface area contributed by atoms with Gasteiger partial charge in [0.15, 0.2) is 0 Å². The number of benzene rings is 1. The summed E-state index contributed by atoms with van der Waals surface area (Å²) >= 11 is 0. The van der Waals surface area contributed by atoms with Crippen LogP contribution in [0.15, 0.2) is 30.3 Å². The lowest BCUT2D eigenvalue weighted by molar-refractivity contribution is 0.00952. The van der Waals surface area contributed by atoms with Gasteiger partial charge in [-0.1, -0.05) is 30.3 Å². The van der Waals surface area contributed by atoms with Gasteiger partial charge in [-0.3, -0.25) is 4.90 Å². The number of amides is 2. The topological polar surface area (TPSA) is 79.3 Å². The van der Waals surface area contributed by atoms with E-state index < -0.39 is 11.7 Å². The second kappa shape index (κ2) is 8.39. The lowest BCUT2D eigenvalue weighted by atomic mass is 9.92. The van der Waals surface area contributed by atoms with Crippen molar-refractivity contribution < 1.29 is 24.2 Å². The molecule has 1 aromatic rings. The third-order valence-corrected chi connectivity index (χ3v) is 5.30. The van der Waals surface area contributed by atoms with Crippen molar-refractivity contribution >= 4 is 12.2 Å². The summed E-state index contributed by atoms with van der Waals surface area (Å²) in [5.41, 5.74) is 0.386. The minimum Gasteiger partial charge on any atom is -0.445 e. The van der Waals surface area contributed by atoms with Crippen molar-refractivity contribution in [1.82, 2.24) is 9.80 Å². The first kappa shape index (κ1) is 20.5. The first-order chi connectivity index (χ1) is 13.3. The minimum absolute atomic E-state index is 0.0286. The number of nitrogens with zero attached hydrogens (tertiary/aromatic N) is 2. The lowest BCUT2D eigenvalue weighted by Crippen LogP contribution is -2.51. The van der Waals surface area contributed by atoms with Gasteiger partial charge in [0.05, 0.1) is 12.6 Å². The van der Waals surface area contributed by atoms with Crippen LogP contribution < -0.4 is 0 Å². The number of ether oxygens (including phenoxy) is 2. The van der Waals surface area contributed by atoms with E-state index in [0.29, 0.717) is 25.9 Å². The highest BCUT2D eigenvalue weighted by Gasteiger charge is 2.47. The molecular weight excluding hydrogens is 360 g/mol. The van der Waals surface area contributed by atoms with E-state index in [1.165, 1.54) is 0 Å². The van der Waals surface area contributed by atoms with E-state index in [1.807, 2.05) is 51.1 Å². The molecule has 0 unspecified atom stereocenters. The Morgan fingerprint density at radius 1 is 1.18 bits per heavy atom. The standard InChI is InChI=1S/C21H30N2O5/c1-21(2,3)28-19(25)22-10-9-18-16(12-22)11-17(13-24)23(18)20(26)27-14-15-7-5-4-6-8-15/h4-8,16-18,24H,9-14H2,1-3H3/t16-,17+,18+/m0/s1. The van der Waals surface area contributed by atoms with Gasteiger partial charge in [-0.05, 0) is 45.1 Å². The molecule has 2 heterocycles. The number of hydrogen-bond donors (Lipinski definition) is 1. The van der Waals surface area contributed by atoms with Gasteiger partial charge in [0, 0.05) is 19.1 Å². The number of carbonyl (C=O) groups excluding carboxylic acids is 2. The molecule has 3 rings (SSSR count). The van der Waals surface area contributed by atoms with Gasteiger partial charge in [-0.25, -0.2) is 9.59 Å². The van der Waals surface area contributed by atoms with Gasteiger partial charge >= 0.3 is 12.2 Å². The first-order valence-corrected chi connectivity index (χ1v) is 9.86. The maximum absolute atomic E-state index is 12.7. The predicted octanol–water partition coefficient (Wildman–Crippen LogP) is 3.02. The molecule has 0 bridgehead atoms. The maximum Gasteiger partial charge on any atom is 0.410 e. The van der Waals surface area contributed by atoms with Gasteiger partial charge in [0.25, 0.3) is 0 Å². The zero-order valence-electron chi connectivity index (χ0n) is 16.8. The monoisotopic (exact) mass is 390 g/mol. The van der Waals surface area contributed by atoms with Crippen LogP contribution >= 0.6 is 0 Å². The van der Waals surface area contributed by atoms with E-state index in [1.54, 1.807) is 9.80 Å². The molecule has 2 aliphatic rings. The number of hydrogen-bond acceptors (Lipinski definition) is 5. The summed E-state index contributed by atoms with van der Waals surface area (Å²) in [6.07, 6.45) is 0.583. The van der Waals surface area contributed by atoms with Crippen molar-refractivity contribution in [3.8, 4) is 0 Å². The van der Waals surface area contributed by atoms with E-state index in [2.05, 4.69) is 0 Å². The zero-order chi connectivity index (χ0) is 20.3. The number of piperidine rings is 1. The Kier molecular flexibility index (Phi) is 6.13. The average Bonchev–Trinajstić information content (AvgIpc) is 3.03. The van der Waals surface area contributed by atoms with Crippen LogP contribution in [-0.2, 0) is 16.1 Å². The molecule has 2 aliphatic heterocycles. The molecule has 2 amide bonds. The molecule has 7 heteroatoms. The van der Waals surface area contributed by atoms with Gasteiger partial charge < -0.3 is 19.5 Å². The maximum atomic E-state index is 12.7. The molecule has 3 atom stereocenters. The normalized spacial score (nSPS) is 24.6. The van der Waals surface area contributed by atoms with E-state index in [4.69, 9.17) is 9.47 Å². The van der Waals surface area contributed by atoms with Crippen LogP contribution in [0.3, 0.4) is 0 Å². The van der Waals surface area contributed by atoms with E-state index >= 15 is 0 Å². The Morgan fingerprint density at radius 2 is 1.89 bits per heavy atom. The third-order valence-electron chi connectivity index (χ3n) is 5.30. The molecule has 2 saturated heterocycles. The SMILES string of the molecule is CC(C)(C)OC(=O)N1CC[C@@H]2[C@@H](C[C@H](CO)N2C(=O)OCc2ccccc2)C1. The largest absolute Gasteiger partial charge is 0.445 e. The molecule has 0 radical (unpaired) electrons. The van der Waals surface area contributed by atoms with Crippen LogP contribution in [0.1, 0.15) is 39.2 Å². The van der Waals surface area contributed by atoms with Crippen molar-refractivity contribution in [2.45, 2.75) is 57.9 Å². The number of fused-ring (bicyclic) bond motifs is 1. The Bertz CT molecular complexity index is 688. The van der Waals surface area contributed by atoms with E-state index in [0.717, 1.165) is 5.56 Å². The summed E-state index contributed by atoms with van der Waals surface area (Å²) in [6.45, 7) is 6.68. The highest BCUT2D eigenvalue weighted by atomic mass is 16.6. The fourth-order valence-electron chi connectivity index (χ4n) is 4.08. The Labute approximate surface area is 166 Å². The van der Waals surface area contributed by atoms with Crippen molar-refractivity contribution in [2.75, 3.05) is 19.7 Å². The van der Waals surface area contributed by atoms with Crippen molar-refractivity contribution in [3.63, 3.8) is 0 Å². The Morgan fingerprint density at radius 3 is 2.54 bits per heavy atom. The number of carbonyl (C=O) groups is 2. The number of rotatable bonds is 3. The molecule has 154 valence electrons. The molecule has 7 nitrogen and oxygen atoms in total. The fraction of sp³-hybridized carbons (Fsp3) is 0.619. The van der Waals surface area contributed by atoms with Crippen molar-refractivity contribution in [3.05, 3.63) is 35.9 Å². The highest BCUT2D eigenvalue weighted by molar-refractivity contribution is 5.70. The summed E-state index contributed by atoms with van der Waals surface area (Å²) in [5, 5.41) is 9.79. The van der Waals surface area contributed by atoms with Crippen LogP contribution in [-0.4, -0.2) is 64.5 Å². The lowest BCUT2D eigenvalue weighted by Gasteiger charge is -2.38. The quantitative estimate of drug-likeness (QED) is 0.858. The Hall–Kier alpha value is -2.28. The van der Waals surface area contributed by atoms with Crippen molar-refractivity contribution in [2.24, 2.45) is 5.92 Å². The highest BCUT2D eigenvalue weighted by Crippen LogP contribution is 2.36. The minimum atomic E-state index is -0.537. The molecule has 1 aromatic carbocycles. The molecular formula is C21H30N2O5. The summed E-state index contributed by atoms with van der Waals surface area (Å²) in [7, 11) is 0. The van der Waals surface area contributed by atoms with E-state index in [-0.39, 0.29) is 37.3 Å². The van der Waals surface area contributed by atoms with E-state index in [9.17, 15) is 14.7 Å². The summed E-state index contributed by atoms with van der Waals surface area (Å²) in [4.78, 5) is 28.5. The van der Waals surface area contributed by atoms with Crippen LogP contribution in [0.2, 0.25) is 0 Å². The predicted molar refractivity (Wildman–Crippen MR) is 104 cm³/mol. The molecule has 1 N–H and O–H groups in total. The van der Waals surface area contributed by atoms with Gasteiger partial charge in [0.1, 0.15) is 12.2 Å².